The Kier molecular flexibility index (Phi) is 4.86. The number of halogens is 1. The van der Waals surface area contributed by atoms with Gasteiger partial charge in [0.15, 0.2) is 5.82 Å². The Morgan fingerprint density at radius 3 is 2.71 bits per heavy atom. The smallest absolute Gasteiger partial charge is 0.264 e. The summed E-state index contributed by atoms with van der Waals surface area (Å²) in [6.07, 6.45) is 2.25. The summed E-state index contributed by atoms with van der Waals surface area (Å²) in [5.74, 6) is -1.73. The first-order valence-corrected chi connectivity index (χ1v) is 7.98. The quantitative estimate of drug-likeness (QED) is 0.758. The molecule has 1 aromatic heterocycles. The van der Waals surface area contributed by atoms with E-state index in [9.17, 15) is 17.6 Å². The first-order chi connectivity index (χ1) is 9.93. The van der Waals surface area contributed by atoms with Gasteiger partial charge >= 0.3 is 0 Å². The molecule has 0 unspecified atom stereocenters. The maximum Gasteiger partial charge on any atom is 0.264 e. The number of primary amides is 1. The number of sulfonamides is 1. The van der Waals surface area contributed by atoms with Gasteiger partial charge in [0.1, 0.15) is 0 Å². The lowest BCUT2D eigenvalue weighted by Crippen LogP contribution is -2.49. The average Bonchev–Trinajstić information content (AvgIpc) is 2.45. The van der Waals surface area contributed by atoms with E-state index in [1.807, 2.05) is 0 Å². The summed E-state index contributed by atoms with van der Waals surface area (Å²) in [6, 6.07) is 1.92. The monoisotopic (exact) mass is 316 g/mol. The third-order valence-corrected chi connectivity index (χ3v) is 5.14. The Labute approximate surface area is 122 Å². The van der Waals surface area contributed by atoms with Crippen LogP contribution in [-0.2, 0) is 14.8 Å². The number of carbonyl (C=O) groups is 1. The molecule has 0 atom stereocenters. The van der Waals surface area contributed by atoms with E-state index in [-0.39, 0.29) is 0 Å². The highest BCUT2D eigenvalue weighted by molar-refractivity contribution is 7.89. The molecular weight excluding hydrogens is 299 g/mol. The fraction of sp³-hybridized carbons (Fsp3) is 0.500. The Balaban J connectivity index is 2.39. The number of rotatable bonds is 5. The number of nitrogens with one attached hydrogen (secondary N) is 1. The molecule has 0 saturated carbocycles. The second kappa shape index (κ2) is 6.46. The van der Waals surface area contributed by atoms with Crippen LogP contribution in [0.3, 0.4) is 0 Å². The Morgan fingerprint density at radius 2 is 2.14 bits per heavy atom. The van der Waals surface area contributed by atoms with Crippen molar-refractivity contribution in [3.8, 4) is 0 Å². The molecule has 1 aliphatic rings. The first-order valence-electron chi connectivity index (χ1n) is 6.54. The van der Waals surface area contributed by atoms with Crippen LogP contribution in [0.5, 0.6) is 0 Å². The van der Waals surface area contributed by atoms with E-state index in [1.165, 1.54) is 12.3 Å². The van der Waals surface area contributed by atoms with Crippen molar-refractivity contribution >= 4 is 15.9 Å². The maximum atomic E-state index is 13.8. The summed E-state index contributed by atoms with van der Waals surface area (Å²) >= 11 is 0. The third-order valence-electron chi connectivity index (χ3n) is 3.31. The molecule has 21 heavy (non-hydrogen) atoms. The van der Waals surface area contributed by atoms with Crippen LogP contribution in [0.1, 0.15) is 12.8 Å². The normalized spacial score (nSPS) is 17.0. The molecule has 116 valence electrons. The van der Waals surface area contributed by atoms with Crippen molar-refractivity contribution in [3.05, 3.63) is 24.1 Å². The van der Waals surface area contributed by atoms with Crippen LogP contribution in [0.25, 0.3) is 0 Å². The van der Waals surface area contributed by atoms with E-state index in [4.69, 9.17) is 5.73 Å². The van der Waals surface area contributed by atoms with Gasteiger partial charge in [0.25, 0.3) is 10.0 Å². The molecule has 9 heteroatoms. The van der Waals surface area contributed by atoms with Gasteiger partial charge in [0.2, 0.25) is 10.9 Å². The van der Waals surface area contributed by atoms with Crippen molar-refractivity contribution in [2.45, 2.75) is 23.9 Å². The summed E-state index contributed by atoms with van der Waals surface area (Å²) < 4.78 is 39.9. The molecular formula is C12H17FN4O3S. The summed E-state index contributed by atoms with van der Waals surface area (Å²) in [7, 11) is -4.21. The van der Waals surface area contributed by atoms with Gasteiger partial charge in [-0.2, -0.15) is 4.31 Å². The van der Waals surface area contributed by atoms with Crippen molar-refractivity contribution in [1.29, 1.82) is 0 Å². The molecule has 1 fully saturated rings. The van der Waals surface area contributed by atoms with Crippen LogP contribution in [0.15, 0.2) is 23.4 Å². The highest BCUT2D eigenvalue weighted by atomic mass is 32.2. The van der Waals surface area contributed by atoms with Crippen LogP contribution < -0.4 is 11.1 Å². The molecule has 0 radical (unpaired) electrons. The maximum absolute atomic E-state index is 13.8. The number of piperidine rings is 1. The Hall–Kier alpha value is -1.58. The summed E-state index contributed by atoms with van der Waals surface area (Å²) in [6.45, 7) is 0.767. The zero-order chi connectivity index (χ0) is 15.5. The highest BCUT2D eigenvalue weighted by Gasteiger charge is 2.35. The van der Waals surface area contributed by atoms with E-state index in [1.54, 1.807) is 0 Å². The minimum absolute atomic E-state index is 0.398. The lowest BCUT2D eigenvalue weighted by Gasteiger charge is -2.32. The molecule has 2 heterocycles. The second-order valence-electron chi connectivity index (χ2n) is 4.79. The van der Waals surface area contributed by atoms with Crippen molar-refractivity contribution in [1.82, 2.24) is 14.6 Å². The summed E-state index contributed by atoms with van der Waals surface area (Å²) in [5, 5.41) is 2.42. The summed E-state index contributed by atoms with van der Waals surface area (Å²) in [5.41, 5.74) is 5.14. The van der Waals surface area contributed by atoms with Crippen LogP contribution in [0.2, 0.25) is 0 Å². The first kappa shape index (κ1) is 15.8. The van der Waals surface area contributed by atoms with Crippen molar-refractivity contribution in [3.63, 3.8) is 0 Å². The molecule has 1 aliphatic heterocycles. The van der Waals surface area contributed by atoms with Gasteiger partial charge in [-0.15, -0.1) is 0 Å². The SMILES string of the molecule is NC(=O)CN(C1CCNCC1)S(=O)(=O)c1ncccc1F. The molecule has 7 nitrogen and oxygen atoms in total. The van der Waals surface area contributed by atoms with Gasteiger partial charge in [-0.25, -0.2) is 17.8 Å². The second-order valence-corrected chi connectivity index (χ2v) is 6.59. The zero-order valence-electron chi connectivity index (χ0n) is 11.3. The Bertz CT molecular complexity index is 617. The fourth-order valence-electron chi connectivity index (χ4n) is 2.33. The van der Waals surface area contributed by atoms with Gasteiger partial charge in [0, 0.05) is 12.2 Å². The fourth-order valence-corrected chi connectivity index (χ4v) is 3.96. The number of amides is 1. The molecule has 1 aromatic rings. The molecule has 1 saturated heterocycles. The van der Waals surface area contributed by atoms with Crippen molar-refractivity contribution in [2.24, 2.45) is 5.73 Å². The number of nitrogens with two attached hydrogens (primary N) is 1. The van der Waals surface area contributed by atoms with E-state index in [0.717, 1.165) is 10.4 Å². The van der Waals surface area contributed by atoms with Crippen LogP contribution in [0.4, 0.5) is 4.39 Å². The molecule has 1 amide bonds. The van der Waals surface area contributed by atoms with Crippen molar-refractivity contribution in [2.75, 3.05) is 19.6 Å². The highest BCUT2D eigenvalue weighted by Crippen LogP contribution is 2.22. The van der Waals surface area contributed by atoms with E-state index < -0.39 is 39.4 Å². The molecule has 2 rings (SSSR count). The van der Waals surface area contributed by atoms with E-state index in [2.05, 4.69) is 10.3 Å². The van der Waals surface area contributed by atoms with E-state index in [0.29, 0.717) is 25.9 Å². The van der Waals surface area contributed by atoms with Gasteiger partial charge in [-0.05, 0) is 38.1 Å². The molecule has 0 spiro atoms. The number of hydrogen-bond donors (Lipinski definition) is 2. The number of aromatic nitrogens is 1. The van der Waals surface area contributed by atoms with Crippen LogP contribution in [-0.4, -0.2) is 49.3 Å². The average molecular weight is 316 g/mol. The lowest BCUT2D eigenvalue weighted by atomic mass is 10.1. The third kappa shape index (κ3) is 3.55. The minimum atomic E-state index is -4.21. The standard InChI is InChI=1S/C12H17FN4O3S/c13-10-2-1-5-16-12(10)21(19,20)17(8-11(14)18)9-3-6-15-7-4-9/h1-2,5,9,15H,3-4,6-8H2,(H2,14,18). The number of nitrogens with zero attached hydrogens (tertiary/aromatic N) is 2. The van der Waals surface area contributed by atoms with Gasteiger partial charge in [-0.3, -0.25) is 4.79 Å². The Morgan fingerprint density at radius 1 is 1.48 bits per heavy atom. The molecule has 0 aliphatic carbocycles. The number of carbonyl (C=O) groups excluding carboxylic acids is 1. The molecule has 3 N–H and O–H groups in total. The summed E-state index contributed by atoms with van der Waals surface area (Å²) in [4.78, 5) is 14.8. The van der Waals surface area contributed by atoms with Crippen LogP contribution >= 0.6 is 0 Å². The van der Waals surface area contributed by atoms with Gasteiger partial charge in [-0.1, -0.05) is 0 Å². The molecule has 0 aromatic carbocycles. The van der Waals surface area contributed by atoms with E-state index >= 15 is 0 Å². The zero-order valence-corrected chi connectivity index (χ0v) is 12.1. The minimum Gasteiger partial charge on any atom is -0.369 e. The number of pyridine rings is 1. The molecule has 0 bridgehead atoms. The topological polar surface area (TPSA) is 105 Å². The predicted molar refractivity (Wildman–Crippen MR) is 73.2 cm³/mol. The van der Waals surface area contributed by atoms with Gasteiger partial charge < -0.3 is 11.1 Å². The largest absolute Gasteiger partial charge is 0.369 e. The van der Waals surface area contributed by atoms with Crippen molar-refractivity contribution < 1.29 is 17.6 Å². The lowest BCUT2D eigenvalue weighted by molar-refractivity contribution is -0.118. The predicted octanol–water partition coefficient (Wildman–Crippen LogP) is -0.551. The number of hydrogen-bond acceptors (Lipinski definition) is 5. The van der Waals surface area contributed by atoms with Crippen LogP contribution in [0, 0.1) is 5.82 Å². The van der Waals surface area contributed by atoms with Gasteiger partial charge in [0.05, 0.1) is 6.54 Å².